The van der Waals surface area contributed by atoms with E-state index in [1.807, 2.05) is 26.0 Å². The molecule has 1 aliphatic heterocycles. The maximum Gasteiger partial charge on any atom is 0.315 e. The zero-order chi connectivity index (χ0) is 16.4. The Kier molecular flexibility index (Phi) is 4.75. The van der Waals surface area contributed by atoms with E-state index in [0.29, 0.717) is 0 Å². The van der Waals surface area contributed by atoms with Gasteiger partial charge in [0.05, 0.1) is 23.3 Å². The fourth-order valence-electron chi connectivity index (χ4n) is 3.16. The Morgan fingerprint density at radius 2 is 2.00 bits per heavy atom. The van der Waals surface area contributed by atoms with Crippen LogP contribution in [0.25, 0.3) is 0 Å². The number of hydrogen-bond donors (Lipinski definition) is 2. The molecule has 0 saturated carbocycles. The summed E-state index contributed by atoms with van der Waals surface area (Å²) in [5.41, 5.74) is 0.491. The van der Waals surface area contributed by atoms with Crippen molar-refractivity contribution in [1.29, 1.82) is 0 Å². The highest BCUT2D eigenvalue weighted by molar-refractivity contribution is 5.75. The Hall–Kier alpha value is -1.62. The number of carbonyl (C=O) groups excluding carboxylic acids is 1. The van der Waals surface area contributed by atoms with Crippen molar-refractivity contribution < 1.29 is 9.53 Å². The van der Waals surface area contributed by atoms with Gasteiger partial charge in [-0.15, -0.1) is 0 Å². The average Bonchev–Trinajstić information content (AvgIpc) is 2.64. The number of pyridine rings is 1. The highest BCUT2D eigenvalue weighted by Crippen LogP contribution is 2.37. The molecule has 2 heterocycles. The van der Waals surface area contributed by atoms with Gasteiger partial charge in [0.2, 0.25) is 0 Å². The molecule has 2 amide bonds. The molecule has 1 fully saturated rings. The van der Waals surface area contributed by atoms with Gasteiger partial charge in [0.1, 0.15) is 0 Å². The van der Waals surface area contributed by atoms with Crippen molar-refractivity contribution in [2.45, 2.75) is 70.7 Å². The smallest absolute Gasteiger partial charge is 0.315 e. The van der Waals surface area contributed by atoms with Crippen LogP contribution in [0.3, 0.4) is 0 Å². The molecule has 0 aliphatic carbocycles. The summed E-state index contributed by atoms with van der Waals surface area (Å²) in [6.07, 6.45) is 5.12. The van der Waals surface area contributed by atoms with E-state index >= 15 is 0 Å². The number of nitrogens with zero attached hydrogens (tertiary/aromatic N) is 1. The van der Waals surface area contributed by atoms with Gasteiger partial charge in [0.25, 0.3) is 0 Å². The molecule has 22 heavy (non-hydrogen) atoms. The highest BCUT2D eigenvalue weighted by atomic mass is 16.5. The average molecular weight is 305 g/mol. The lowest BCUT2D eigenvalue weighted by atomic mass is 9.94. The Morgan fingerprint density at radius 1 is 1.36 bits per heavy atom. The van der Waals surface area contributed by atoms with Crippen LogP contribution in [0.15, 0.2) is 24.5 Å². The minimum atomic E-state index is -0.362. The van der Waals surface area contributed by atoms with E-state index in [1.54, 1.807) is 12.4 Å². The zero-order valence-corrected chi connectivity index (χ0v) is 14.1. The normalized spacial score (nSPS) is 23.8. The first-order valence-electron chi connectivity index (χ1n) is 7.90. The second kappa shape index (κ2) is 6.24. The van der Waals surface area contributed by atoms with Crippen molar-refractivity contribution in [3.8, 4) is 0 Å². The highest BCUT2D eigenvalue weighted by Gasteiger charge is 2.46. The number of urea groups is 1. The van der Waals surface area contributed by atoms with Gasteiger partial charge in [-0.05, 0) is 58.2 Å². The molecule has 122 valence electrons. The number of rotatable bonds is 4. The van der Waals surface area contributed by atoms with Crippen molar-refractivity contribution in [3.63, 3.8) is 0 Å². The third-order valence-electron chi connectivity index (χ3n) is 4.20. The predicted octanol–water partition coefficient (Wildman–Crippen LogP) is 3.18. The monoisotopic (exact) mass is 305 g/mol. The number of amides is 2. The molecule has 2 atom stereocenters. The van der Waals surface area contributed by atoms with Crippen LogP contribution in [0.4, 0.5) is 4.79 Å². The van der Waals surface area contributed by atoms with Gasteiger partial charge < -0.3 is 15.4 Å². The topological polar surface area (TPSA) is 63.2 Å². The zero-order valence-electron chi connectivity index (χ0n) is 14.1. The standard InChI is InChI=1S/C17H27N3O2/c1-6-13(12-7-9-18-10-8-12)19-15(21)20-14-11-16(2,3)22-17(14,4)5/h7-10,13-14H,6,11H2,1-5H3,(H2,19,20,21). The third-order valence-corrected chi connectivity index (χ3v) is 4.20. The second-order valence-electron chi connectivity index (χ2n) is 7.08. The Labute approximate surface area is 132 Å². The molecule has 1 aliphatic rings. The number of aromatic nitrogens is 1. The lowest BCUT2D eigenvalue weighted by Gasteiger charge is -2.28. The van der Waals surface area contributed by atoms with Crippen molar-refractivity contribution in [2.24, 2.45) is 0 Å². The van der Waals surface area contributed by atoms with Crippen LogP contribution in [0.5, 0.6) is 0 Å². The molecule has 1 aromatic rings. The Morgan fingerprint density at radius 3 is 2.50 bits per heavy atom. The van der Waals surface area contributed by atoms with Gasteiger partial charge >= 0.3 is 6.03 Å². The molecule has 1 saturated heterocycles. The van der Waals surface area contributed by atoms with E-state index in [9.17, 15) is 4.79 Å². The fourth-order valence-corrected chi connectivity index (χ4v) is 3.16. The Balaban J connectivity index is 1.98. The fraction of sp³-hybridized carbons (Fsp3) is 0.647. The first-order valence-corrected chi connectivity index (χ1v) is 7.90. The van der Waals surface area contributed by atoms with Gasteiger partial charge in [0.15, 0.2) is 0 Å². The minimum absolute atomic E-state index is 0.00236. The van der Waals surface area contributed by atoms with Gasteiger partial charge in [-0.25, -0.2) is 4.79 Å². The van der Waals surface area contributed by atoms with Gasteiger partial charge in [-0.3, -0.25) is 4.98 Å². The second-order valence-corrected chi connectivity index (χ2v) is 7.08. The van der Waals surface area contributed by atoms with Gasteiger partial charge in [0, 0.05) is 12.4 Å². The first kappa shape index (κ1) is 16.7. The molecular weight excluding hydrogens is 278 g/mol. The Bertz CT molecular complexity index is 514. The summed E-state index contributed by atoms with van der Waals surface area (Å²) in [7, 11) is 0. The van der Waals surface area contributed by atoms with Gasteiger partial charge in [-0.1, -0.05) is 6.92 Å². The third kappa shape index (κ3) is 3.97. The van der Waals surface area contributed by atoms with Crippen LogP contribution in [0.2, 0.25) is 0 Å². The summed E-state index contributed by atoms with van der Waals surface area (Å²) in [5, 5.41) is 6.11. The van der Waals surface area contributed by atoms with Crippen LogP contribution in [0, 0.1) is 0 Å². The van der Waals surface area contributed by atoms with Gasteiger partial charge in [-0.2, -0.15) is 0 Å². The summed E-state index contributed by atoms with van der Waals surface area (Å²) >= 11 is 0. The molecule has 5 nitrogen and oxygen atoms in total. The molecular formula is C17H27N3O2. The predicted molar refractivity (Wildman–Crippen MR) is 86.6 cm³/mol. The number of nitrogens with one attached hydrogen (secondary N) is 2. The summed E-state index contributed by atoms with van der Waals surface area (Å²) in [6, 6.07) is 3.70. The molecule has 2 unspecified atom stereocenters. The van der Waals surface area contributed by atoms with Crippen LogP contribution in [-0.2, 0) is 4.74 Å². The SMILES string of the molecule is CCC(NC(=O)NC1CC(C)(C)OC1(C)C)c1ccncc1. The lowest BCUT2D eigenvalue weighted by Crippen LogP contribution is -2.50. The molecule has 5 heteroatoms. The van der Waals surface area contributed by atoms with E-state index in [4.69, 9.17) is 4.74 Å². The van der Waals surface area contributed by atoms with Crippen LogP contribution >= 0.6 is 0 Å². The number of ether oxygens (including phenoxy) is 1. The lowest BCUT2D eigenvalue weighted by molar-refractivity contribution is -0.0690. The van der Waals surface area contributed by atoms with E-state index in [1.165, 1.54) is 0 Å². The molecule has 0 aromatic carbocycles. The summed E-state index contributed by atoms with van der Waals surface area (Å²) in [4.78, 5) is 16.4. The van der Waals surface area contributed by atoms with Crippen LogP contribution < -0.4 is 10.6 Å². The molecule has 0 spiro atoms. The molecule has 0 bridgehead atoms. The summed E-state index contributed by atoms with van der Waals surface area (Å²) < 4.78 is 6.01. The van der Waals surface area contributed by atoms with E-state index in [2.05, 4.69) is 36.4 Å². The van der Waals surface area contributed by atoms with E-state index < -0.39 is 0 Å². The quantitative estimate of drug-likeness (QED) is 0.898. The maximum atomic E-state index is 12.3. The molecule has 2 rings (SSSR count). The molecule has 1 aromatic heterocycles. The van der Waals surface area contributed by atoms with Crippen molar-refractivity contribution in [1.82, 2.24) is 15.6 Å². The summed E-state index contributed by atoms with van der Waals surface area (Å²) in [5.74, 6) is 0. The summed E-state index contributed by atoms with van der Waals surface area (Å²) in [6.45, 7) is 10.2. The number of hydrogen-bond acceptors (Lipinski definition) is 3. The first-order chi connectivity index (χ1) is 10.2. The van der Waals surface area contributed by atoms with Crippen LogP contribution in [0.1, 0.15) is 59.1 Å². The maximum absolute atomic E-state index is 12.3. The molecule has 0 radical (unpaired) electrons. The largest absolute Gasteiger partial charge is 0.367 e. The minimum Gasteiger partial charge on any atom is -0.367 e. The van der Waals surface area contributed by atoms with E-state index in [0.717, 1.165) is 18.4 Å². The van der Waals surface area contributed by atoms with E-state index in [-0.39, 0.29) is 29.3 Å². The van der Waals surface area contributed by atoms with Crippen molar-refractivity contribution in [2.75, 3.05) is 0 Å². The number of carbonyl (C=O) groups is 1. The molecule has 2 N–H and O–H groups in total. The van der Waals surface area contributed by atoms with Crippen LogP contribution in [-0.4, -0.2) is 28.3 Å². The van der Waals surface area contributed by atoms with Crippen molar-refractivity contribution >= 4 is 6.03 Å². The van der Waals surface area contributed by atoms with Crippen molar-refractivity contribution in [3.05, 3.63) is 30.1 Å².